The Morgan fingerprint density at radius 2 is 2.21 bits per heavy atom. The monoisotopic (exact) mass is 260 g/mol. The van der Waals surface area contributed by atoms with Gasteiger partial charge >= 0.3 is 0 Å². The second kappa shape index (κ2) is 4.56. The summed E-state index contributed by atoms with van der Waals surface area (Å²) in [7, 11) is 0. The lowest BCUT2D eigenvalue weighted by atomic mass is 9.85. The number of benzene rings is 1. The van der Waals surface area contributed by atoms with Gasteiger partial charge in [-0.25, -0.2) is 0 Å². The summed E-state index contributed by atoms with van der Waals surface area (Å²) in [4.78, 5) is 11.3. The maximum Gasteiger partial charge on any atom is 0.217 e. The number of rotatable bonds is 1. The summed E-state index contributed by atoms with van der Waals surface area (Å²) < 4.78 is 5.74. The smallest absolute Gasteiger partial charge is 0.217 e. The van der Waals surface area contributed by atoms with Gasteiger partial charge in [0, 0.05) is 12.5 Å². The van der Waals surface area contributed by atoms with Crippen LogP contribution in [0.15, 0.2) is 18.2 Å². The molecule has 5 heteroatoms. The quantitative estimate of drug-likeness (QED) is 0.796. The number of nitrogens with one attached hydrogen (secondary N) is 1. The molecular weight excluding hydrogens is 244 g/mol. The first-order valence-corrected chi connectivity index (χ1v) is 6.04. The number of carbonyl (C=O) groups is 1. The lowest BCUT2D eigenvalue weighted by molar-refractivity contribution is -0.123. The number of hydrogen-bond acceptors (Lipinski definition) is 4. The molecule has 0 bridgehead atoms. The molecule has 0 fully saturated rings. The number of amides is 1. The number of ether oxygens (including phenoxy) is 1. The van der Waals surface area contributed by atoms with Crippen molar-refractivity contribution in [2.75, 3.05) is 0 Å². The largest absolute Gasteiger partial charge is 0.483 e. The van der Waals surface area contributed by atoms with Gasteiger partial charge in [0.15, 0.2) is 0 Å². The molecule has 1 heterocycles. The molecule has 0 radical (unpaired) electrons. The Balaban J connectivity index is 2.57. The number of hydrogen-bond donors (Lipinski definition) is 2. The fourth-order valence-corrected chi connectivity index (χ4v) is 2.27. The van der Waals surface area contributed by atoms with Crippen LogP contribution in [0.25, 0.3) is 0 Å². The Kier molecular flexibility index (Phi) is 3.21. The number of nitrogens with zero attached hydrogens (tertiary/aromatic N) is 1. The summed E-state index contributed by atoms with van der Waals surface area (Å²) in [5.74, 6) is 0.189. The standard InChI is InChI=1S/C14H16N2O3/c1-8(17)16-11-10-6-4-5-9(7-15)12(10)19-14(2,3)13(11)18/h4-6,11,13,18H,1-3H3,(H,16,17). The molecule has 0 saturated heterocycles. The van der Waals surface area contributed by atoms with Crippen LogP contribution in [0.3, 0.4) is 0 Å². The van der Waals surface area contributed by atoms with Gasteiger partial charge < -0.3 is 15.2 Å². The topological polar surface area (TPSA) is 82.4 Å². The lowest BCUT2D eigenvalue weighted by Crippen LogP contribution is -2.53. The Labute approximate surface area is 111 Å². The molecule has 19 heavy (non-hydrogen) atoms. The number of para-hydroxylation sites is 1. The van der Waals surface area contributed by atoms with Gasteiger partial charge in [-0.05, 0) is 19.9 Å². The number of carbonyl (C=O) groups excluding carboxylic acids is 1. The van der Waals surface area contributed by atoms with Gasteiger partial charge in [0.05, 0.1) is 11.6 Å². The highest BCUT2D eigenvalue weighted by Crippen LogP contribution is 2.41. The molecule has 2 N–H and O–H groups in total. The predicted octanol–water partition coefficient (Wildman–Crippen LogP) is 1.27. The van der Waals surface area contributed by atoms with Crippen molar-refractivity contribution in [2.24, 2.45) is 0 Å². The lowest BCUT2D eigenvalue weighted by Gasteiger charge is -2.42. The minimum atomic E-state index is -0.891. The maximum atomic E-state index is 11.3. The molecule has 0 aliphatic carbocycles. The van der Waals surface area contributed by atoms with E-state index in [1.807, 2.05) is 0 Å². The zero-order chi connectivity index (χ0) is 14.2. The minimum absolute atomic E-state index is 0.241. The van der Waals surface area contributed by atoms with Crippen molar-refractivity contribution in [2.45, 2.75) is 38.5 Å². The SMILES string of the molecule is CC(=O)NC1c2cccc(C#N)c2OC(C)(C)C1O. The van der Waals surface area contributed by atoms with Crippen LogP contribution in [0.5, 0.6) is 5.75 Å². The average molecular weight is 260 g/mol. The van der Waals surface area contributed by atoms with Gasteiger partial charge in [-0.3, -0.25) is 4.79 Å². The van der Waals surface area contributed by atoms with Crippen molar-refractivity contribution in [3.63, 3.8) is 0 Å². The second-order valence-electron chi connectivity index (χ2n) is 5.16. The summed E-state index contributed by atoms with van der Waals surface area (Å²) in [5.41, 5.74) is 0.140. The fourth-order valence-electron chi connectivity index (χ4n) is 2.27. The van der Waals surface area contributed by atoms with E-state index in [9.17, 15) is 9.90 Å². The molecule has 1 amide bonds. The first kappa shape index (κ1) is 13.4. The molecule has 1 aliphatic rings. The van der Waals surface area contributed by atoms with Crippen LogP contribution < -0.4 is 10.1 Å². The summed E-state index contributed by atoms with van der Waals surface area (Å²) in [6, 6.07) is 6.59. The first-order valence-electron chi connectivity index (χ1n) is 6.04. The van der Waals surface area contributed by atoms with E-state index >= 15 is 0 Å². The number of aliphatic hydroxyl groups is 1. The Morgan fingerprint density at radius 3 is 2.79 bits per heavy atom. The summed E-state index contributed by atoms with van der Waals surface area (Å²) >= 11 is 0. The molecular formula is C14H16N2O3. The zero-order valence-electron chi connectivity index (χ0n) is 11.1. The van der Waals surface area contributed by atoms with E-state index in [1.54, 1.807) is 32.0 Å². The van der Waals surface area contributed by atoms with Crippen molar-refractivity contribution >= 4 is 5.91 Å². The van der Waals surface area contributed by atoms with Crippen LogP contribution in [0, 0.1) is 11.3 Å². The third kappa shape index (κ3) is 2.27. The van der Waals surface area contributed by atoms with Crippen molar-refractivity contribution in [1.29, 1.82) is 5.26 Å². The first-order chi connectivity index (χ1) is 8.86. The van der Waals surface area contributed by atoms with E-state index < -0.39 is 17.7 Å². The second-order valence-corrected chi connectivity index (χ2v) is 5.16. The molecule has 2 rings (SSSR count). The molecule has 5 nitrogen and oxygen atoms in total. The van der Waals surface area contributed by atoms with Crippen molar-refractivity contribution in [3.05, 3.63) is 29.3 Å². The number of nitriles is 1. The highest BCUT2D eigenvalue weighted by atomic mass is 16.5. The molecule has 1 aromatic rings. The van der Waals surface area contributed by atoms with E-state index in [0.29, 0.717) is 16.9 Å². The highest BCUT2D eigenvalue weighted by molar-refractivity contribution is 5.74. The van der Waals surface area contributed by atoms with Crippen molar-refractivity contribution in [3.8, 4) is 11.8 Å². The van der Waals surface area contributed by atoms with Gasteiger partial charge in [0.2, 0.25) is 5.91 Å². The summed E-state index contributed by atoms with van der Waals surface area (Å²) in [6.45, 7) is 4.84. The van der Waals surface area contributed by atoms with Gasteiger partial charge in [-0.15, -0.1) is 0 Å². The molecule has 2 atom stereocenters. The molecule has 1 aromatic carbocycles. The Bertz CT molecular complexity index is 560. The van der Waals surface area contributed by atoms with Crippen LogP contribution in [0.2, 0.25) is 0 Å². The van der Waals surface area contributed by atoms with Gasteiger partial charge in [0.25, 0.3) is 0 Å². The van der Waals surface area contributed by atoms with Crippen LogP contribution >= 0.6 is 0 Å². The van der Waals surface area contributed by atoms with E-state index in [-0.39, 0.29) is 5.91 Å². The van der Waals surface area contributed by atoms with Gasteiger partial charge in [-0.2, -0.15) is 5.26 Å². The number of aliphatic hydroxyl groups excluding tert-OH is 1. The Hall–Kier alpha value is -2.06. The van der Waals surface area contributed by atoms with Crippen LogP contribution in [-0.2, 0) is 4.79 Å². The van der Waals surface area contributed by atoms with Gasteiger partial charge in [0.1, 0.15) is 23.5 Å². The fraction of sp³-hybridized carbons (Fsp3) is 0.429. The third-order valence-electron chi connectivity index (χ3n) is 3.25. The average Bonchev–Trinajstić information content (AvgIpc) is 2.33. The van der Waals surface area contributed by atoms with Crippen LogP contribution in [0.4, 0.5) is 0 Å². The van der Waals surface area contributed by atoms with Crippen molar-refractivity contribution < 1.29 is 14.6 Å². The van der Waals surface area contributed by atoms with E-state index in [2.05, 4.69) is 11.4 Å². The van der Waals surface area contributed by atoms with Crippen LogP contribution in [-0.4, -0.2) is 22.7 Å². The molecule has 0 saturated carbocycles. The molecule has 1 aliphatic heterocycles. The summed E-state index contributed by atoms with van der Waals surface area (Å²) in [6.07, 6.45) is -0.891. The molecule has 100 valence electrons. The predicted molar refractivity (Wildman–Crippen MR) is 68.4 cm³/mol. The highest BCUT2D eigenvalue weighted by Gasteiger charge is 2.44. The van der Waals surface area contributed by atoms with E-state index in [4.69, 9.17) is 10.00 Å². The zero-order valence-corrected chi connectivity index (χ0v) is 11.1. The number of fused-ring (bicyclic) bond motifs is 1. The van der Waals surface area contributed by atoms with Crippen LogP contribution in [0.1, 0.15) is 37.9 Å². The van der Waals surface area contributed by atoms with E-state index in [1.165, 1.54) is 6.92 Å². The summed E-state index contributed by atoms with van der Waals surface area (Å²) in [5, 5.41) is 22.2. The minimum Gasteiger partial charge on any atom is -0.483 e. The third-order valence-corrected chi connectivity index (χ3v) is 3.25. The molecule has 2 unspecified atom stereocenters. The molecule has 0 aromatic heterocycles. The van der Waals surface area contributed by atoms with Gasteiger partial charge in [-0.1, -0.05) is 12.1 Å². The Morgan fingerprint density at radius 1 is 1.53 bits per heavy atom. The van der Waals surface area contributed by atoms with Crippen molar-refractivity contribution in [1.82, 2.24) is 5.32 Å². The normalized spacial score (nSPS) is 23.7. The molecule has 0 spiro atoms. The van der Waals surface area contributed by atoms with E-state index in [0.717, 1.165) is 0 Å². The maximum absolute atomic E-state index is 11.3.